The molecule has 6 heteroatoms. The summed E-state index contributed by atoms with van der Waals surface area (Å²) in [6, 6.07) is 6.15. The van der Waals surface area contributed by atoms with E-state index in [9.17, 15) is 0 Å². The quantitative estimate of drug-likeness (QED) is 0.519. The average Bonchev–Trinajstić information content (AvgIpc) is 2.20. The summed E-state index contributed by atoms with van der Waals surface area (Å²) in [5, 5.41) is 0.992. The standard InChI is InChI=1S/C9H12I2O3Si/c1-12-15(13-2,14-3)9-5-7(10)4-8(11)6-9/h4-6H,1-3H3. The molecule has 0 N–H and O–H groups in total. The van der Waals surface area contributed by atoms with Crippen LogP contribution in [0.4, 0.5) is 0 Å². The molecule has 0 aliphatic carbocycles. The molecule has 0 aliphatic rings. The highest BCUT2D eigenvalue weighted by Gasteiger charge is 2.41. The molecule has 3 nitrogen and oxygen atoms in total. The van der Waals surface area contributed by atoms with Crippen LogP contribution in [0.1, 0.15) is 0 Å². The van der Waals surface area contributed by atoms with Crippen LogP contribution >= 0.6 is 45.2 Å². The molecule has 0 saturated carbocycles. The molecular formula is C9H12I2O3Si. The van der Waals surface area contributed by atoms with Crippen LogP contribution in [-0.2, 0) is 13.3 Å². The van der Waals surface area contributed by atoms with E-state index in [1.54, 1.807) is 21.3 Å². The van der Waals surface area contributed by atoms with E-state index in [2.05, 4.69) is 51.2 Å². The Hall–Kier alpha value is 0.777. The summed E-state index contributed by atoms with van der Waals surface area (Å²) in [4.78, 5) is 0. The molecule has 0 amide bonds. The zero-order valence-corrected chi connectivity index (χ0v) is 14.0. The van der Waals surface area contributed by atoms with Gasteiger partial charge in [0.25, 0.3) is 0 Å². The zero-order valence-electron chi connectivity index (χ0n) is 8.71. The lowest BCUT2D eigenvalue weighted by atomic mass is 10.4. The van der Waals surface area contributed by atoms with Gasteiger partial charge in [0.1, 0.15) is 0 Å². The van der Waals surface area contributed by atoms with E-state index < -0.39 is 8.80 Å². The Morgan fingerprint density at radius 3 is 1.60 bits per heavy atom. The van der Waals surface area contributed by atoms with Crippen LogP contribution < -0.4 is 5.19 Å². The summed E-state index contributed by atoms with van der Waals surface area (Å²) in [6.45, 7) is 0. The van der Waals surface area contributed by atoms with Gasteiger partial charge in [0, 0.05) is 33.7 Å². The summed E-state index contributed by atoms with van der Waals surface area (Å²) in [5.41, 5.74) is 0. The fourth-order valence-corrected chi connectivity index (χ4v) is 5.73. The second-order valence-electron chi connectivity index (χ2n) is 2.83. The number of rotatable bonds is 4. The molecule has 1 rings (SSSR count). The first-order valence-electron chi connectivity index (χ1n) is 4.20. The minimum atomic E-state index is -2.67. The highest BCUT2D eigenvalue weighted by atomic mass is 127. The van der Waals surface area contributed by atoms with Gasteiger partial charge in [-0.05, 0) is 63.4 Å². The number of hydrogen-bond donors (Lipinski definition) is 0. The van der Waals surface area contributed by atoms with Gasteiger partial charge < -0.3 is 13.3 Å². The normalized spacial score (nSPS) is 11.8. The lowest BCUT2D eigenvalue weighted by molar-refractivity contribution is 0.140. The Kier molecular flexibility index (Phi) is 5.46. The topological polar surface area (TPSA) is 27.7 Å². The van der Waals surface area contributed by atoms with Crippen molar-refractivity contribution >= 4 is 59.2 Å². The molecule has 0 radical (unpaired) electrons. The molecule has 15 heavy (non-hydrogen) atoms. The van der Waals surface area contributed by atoms with Crippen molar-refractivity contribution in [1.29, 1.82) is 0 Å². The molecule has 0 heterocycles. The van der Waals surface area contributed by atoms with Crippen molar-refractivity contribution in [3.8, 4) is 0 Å². The average molecular weight is 450 g/mol. The highest BCUT2D eigenvalue weighted by Crippen LogP contribution is 2.14. The molecule has 0 aliphatic heterocycles. The zero-order chi connectivity index (χ0) is 11.5. The van der Waals surface area contributed by atoms with E-state index in [0.717, 1.165) is 12.3 Å². The van der Waals surface area contributed by atoms with Crippen LogP contribution in [0.15, 0.2) is 18.2 Å². The monoisotopic (exact) mass is 450 g/mol. The Bertz CT molecular complexity index is 314. The molecule has 1 aromatic rings. The Labute approximate surface area is 118 Å². The van der Waals surface area contributed by atoms with Crippen molar-refractivity contribution in [2.75, 3.05) is 21.3 Å². The summed E-state index contributed by atoms with van der Waals surface area (Å²) < 4.78 is 18.6. The van der Waals surface area contributed by atoms with Crippen LogP contribution in [0.3, 0.4) is 0 Å². The first kappa shape index (κ1) is 13.8. The molecule has 0 saturated heterocycles. The van der Waals surface area contributed by atoms with E-state index in [1.807, 2.05) is 12.1 Å². The molecule has 0 unspecified atom stereocenters. The van der Waals surface area contributed by atoms with E-state index >= 15 is 0 Å². The van der Waals surface area contributed by atoms with Crippen molar-refractivity contribution in [1.82, 2.24) is 0 Å². The van der Waals surface area contributed by atoms with E-state index in [0.29, 0.717) is 0 Å². The first-order chi connectivity index (χ1) is 7.07. The highest BCUT2D eigenvalue weighted by molar-refractivity contribution is 14.1. The Balaban J connectivity index is 3.22. The molecule has 0 bridgehead atoms. The first-order valence-corrected chi connectivity index (χ1v) is 8.08. The van der Waals surface area contributed by atoms with Crippen LogP contribution in [0.25, 0.3) is 0 Å². The smallest absolute Gasteiger partial charge is 0.373 e. The van der Waals surface area contributed by atoms with Gasteiger partial charge in [0.15, 0.2) is 0 Å². The summed E-state index contributed by atoms with van der Waals surface area (Å²) >= 11 is 4.54. The second kappa shape index (κ2) is 5.91. The van der Waals surface area contributed by atoms with Gasteiger partial charge in [-0.15, -0.1) is 0 Å². The van der Waals surface area contributed by atoms with Crippen molar-refractivity contribution in [2.24, 2.45) is 0 Å². The number of benzene rings is 1. The predicted octanol–water partition coefficient (Wildman–Crippen LogP) is 1.98. The van der Waals surface area contributed by atoms with Crippen LogP contribution in [0, 0.1) is 7.14 Å². The third-order valence-corrected chi connectivity index (χ3v) is 5.88. The van der Waals surface area contributed by atoms with Crippen LogP contribution in [0.5, 0.6) is 0 Å². The summed E-state index contributed by atoms with van der Waals surface area (Å²) in [7, 11) is 2.19. The van der Waals surface area contributed by atoms with Gasteiger partial charge >= 0.3 is 8.80 Å². The van der Waals surface area contributed by atoms with Crippen molar-refractivity contribution in [2.45, 2.75) is 0 Å². The third kappa shape index (κ3) is 3.13. The molecule has 0 atom stereocenters. The van der Waals surface area contributed by atoms with E-state index in [1.165, 1.54) is 0 Å². The van der Waals surface area contributed by atoms with E-state index in [-0.39, 0.29) is 0 Å². The largest absolute Gasteiger partial charge is 0.536 e. The Morgan fingerprint density at radius 1 is 0.867 bits per heavy atom. The van der Waals surface area contributed by atoms with Gasteiger partial charge in [-0.2, -0.15) is 0 Å². The molecule has 0 spiro atoms. The van der Waals surface area contributed by atoms with Crippen molar-refractivity contribution in [3.63, 3.8) is 0 Å². The predicted molar refractivity (Wildman–Crippen MR) is 78.3 cm³/mol. The van der Waals surface area contributed by atoms with Gasteiger partial charge in [0.05, 0.1) is 0 Å². The number of halogens is 2. The minimum absolute atomic E-state index is 0.992. The molecule has 1 aromatic carbocycles. The molecule has 0 fully saturated rings. The van der Waals surface area contributed by atoms with Crippen molar-refractivity contribution in [3.05, 3.63) is 25.3 Å². The summed E-state index contributed by atoms with van der Waals surface area (Å²) in [6.07, 6.45) is 0. The molecular weight excluding hydrogens is 438 g/mol. The van der Waals surface area contributed by atoms with Crippen LogP contribution in [0.2, 0.25) is 0 Å². The lowest BCUT2D eigenvalue weighted by Gasteiger charge is -2.24. The molecule has 0 aromatic heterocycles. The van der Waals surface area contributed by atoms with Crippen molar-refractivity contribution < 1.29 is 13.3 Å². The maximum Gasteiger partial charge on any atom is 0.536 e. The molecule has 84 valence electrons. The van der Waals surface area contributed by atoms with Gasteiger partial charge in [0.2, 0.25) is 0 Å². The van der Waals surface area contributed by atoms with Gasteiger partial charge in [-0.25, -0.2) is 0 Å². The minimum Gasteiger partial charge on any atom is -0.373 e. The fraction of sp³-hybridized carbons (Fsp3) is 0.333. The second-order valence-corrected chi connectivity index (χ2v) is 8.23. The Morgan fingerprint density at radius 2 is 1.27 bits per heavy atom. The van der Waals surface area contributed by atoms with Gasteiger partial charge in [-0.3, -0.25) is 0 Å². The third-order valence-electron chi connectivity index (χ3n) is 2.02. The van der Waals surface area contributed by atoms with Gasteiger partial charge in [-0.1, -0.05) is 0 Å². The SMILES string of the molecule is CO[Si](OC)(OC)c1cc(I)cc(I)c1. The number of hydrogen-bond acceptors (Lipinski definition) is 3. The summed E-state index contributed by atoms with van der Waals surface area (Å²) in [5.74, 6) is 0. The fourth-order valence-electron chi connectivity index (χ4n) is 1.33. The lowest BCUT2D eigenvalue weighted by Crippen LogP contribution is -2.54. The van der Waals surface area contributed by atoms with Crippen LogP contribution in [-0.4, -0.2) is 30.1 Å². The van der Waals surface area contributed by atoms with E-state index in [4.69, 9.17) is 13.3 Å². The maximum absolute atomic E-state index is 5.42. The maximum atomic E-state index is 5.42.